The van der Waals surface area contributed by atoms with Crippen LogP contribution in [0.1, 0.15) is 30.1 Å². The predicted octanol–water partition coefficient (Wildman–Crippen LogP) is 3.85. The molecular weight excluding hydrogens is 314 g/mol. The van der Waals surface area contributed by atoms with Gasteiger partial charge in [0.15, 0.2) is 11.6 Å². The van der Waals surface area contributed by atoms with Crippen molar-refractivity contribution in [3.63, 3.8) is 0 Å². The van der Waals surface area contributed by atoms with Crippen molar-refractivity contribution in [1.29, 1.82) is 0 Å². The van der Waals surface area contributed by atoms with Gasteiger partial charge >= 0.3 is 0 Å². The van der Waals surface area contributed by atoms with Crippen LogP contribution in [0.5, 0.6) is 0 Å². The number of aromatic nitrogens is 1. The van der Waals surface area contributed by atoms with Crippen LogP contribution in [0.15, 0.2) is 28.9 Å². The average molecular weight is 327 g/mol. The van der Waals surface area contributed by atoms with Crippen LogP contribution in [-0.4, -0.2) is 4.57 Å². The Bertz CT molecular complexity index is 613. The van der Waals surface area contributed by atoms with Crippen molar-refractivity contribution in [1.82, 2.24) is 4.57 Å². The van der Waals surface area contributed by atoms with Crippen LogP contribution < -0.4 is 5.73 Å². The molecule has 0 amide bonds. The Balaban J connectivity index is 2.19. The normalized spacial score (nSPS) is 18.4. The Hall–Kier alpha value is -1.20. The fourth-order valence-corrected chi connectivity index (χ4v) is 3.10. The van der Waals surface area contributed by atoms with E-state index in [0.717, 1.165) is 30.5 Å². The number of nitrogens with two attached hydrogens (primary N) is 1. The first-order valence-corrected chi connectivity index (χ1v) is 6.98. The zero-order chi connectivity index (χ0) is 13.6. The monoisotopic (exact) mass is 326 g/mol. The SMILES string of the molecule is NC1CCCc2c1ccn2-c1c(F)cc(Br)cc1F. The minimum Gasteiger partial charge on any atom is -0.324 e. The lowest BCUT2D eigenvalue weighted by Gasteiger charge is -2.21. The lowest BCUT2D eigenvalue weighted by atomic mass is 9.93. The highest BCUT2D eigenvalue weighted by Gasteiger charge is 2.23. The average Bonchev–Trinajstić information content (AvgIpc) is 2.73. The van der Waals surface area contributed by atoms with E-state index in [4.69, 9.17) is 5.73 Å². The van der Waals surface area contributed by atoms with Gasteiger partial charge in [0.05, 0.1) is 0 Å². The van der Waals surface area contributed by atoms with Crippen molar-refractivity contribution in [2.24, 2.45) is 5.73 Å². The third-order valence-corrected chi connectivity index (χ3v) is 4.04. The van der Waals surface area contributed by atoms with Gasteiger partial charge in [-0.3, -0.25) is 0 Å². The van der Waals surface area contributed by atoms with E-state index in [-0.39, 0.29) is 11.7 Å². The first-order chi connectivity index (χ1) is 9.08. The third kappa shape index (κ3) is 2.11. The van der Waals surface area contributed by atoms with Gasteiger partial charge in [0, 0.05) is 22.4 Å². The third-order valence-electron chi connectivity index (χ3n) is 3.58. The second-order valence-corrected chi connectivity index (χ2v) is 5.72. The smallest absolute Gasteiger partial charge is 0.151 e. The summed E-state index contributed by atoms with van der Waals surface area (Å²) >= 11 is 3.09. The first-order valence-electron chi connectivity index (χ1n) is 6.18. The first kappa shape index (κ1) is 12.8. The molecule has 1 heterocycles. The van der Waals surface area contributed by atoms with Gasteiger partial charge in [-0.1, -0.05) is 15.9 Å². The van der Waals surface area contributed by atoms with Crippen molar-refractivity contribution >= 4 is 15.9 Å². The van der Waals surface area contributed by atoms with E-state index < -0.39 is 11.6 Å². The maximum Gasteiger partial charge on any atom is 0.151 e. The molecule has 1 aliphatic rings. The van der Waals surface area contributed by atoms with E-state index >= 15 is 0 Å². The Kier molecular flexibility index (Phi) is 3.19. The molecule has 5 heteroatoms. The molecule has 1 unspecified atom stereocenters. The molecule has 2 aromatic rings. The molecule has 0 spiro atoms. The molecule has 0 fully saturated rings. The van der Waals surface area contributed by atoms with Crippen LogP contribution in [0.3, 0.4) is 0 Å². The molecule has 3 rings (SSSR count). The molecule has 19 heavy (non-hydrogen) atoms. The van der Waals surface area contributed by atoms with Crippen LogP contribution in [0.25, 0.3) is 5.69 Å². The van der Waals surface area contributed by atoms with Gasteiger partial charge in [-0.2, -0.15) is 0 Å². The second kappa shape index (κ2) is 4.72. The van der Waals surface area contributed by atoms with E-state index in [0.29, 0.717) is 4.47 Å². The van der Waals surface area contributed by atoms with Crippen LogP contribution in [0.2, 0.25) is 0 Å². The maximum atomic E-state index is 14.0. The summed E-state index contributed by atoms with van der Waals surface area (Å²) in [7, 11) is 0. The van der Waals surface area contributed by atoms with Crippen molar-refractivity contribution < 1.29 is 8.78 Å². The second-order valence-electron chi connectivity index (χ2n) is 4.80. The van der Waals surface area contributed by atoms with Gasteiger partial charge < -0.3 is 10.3 Å². The van der Waals surface area contributed by atoms with Gasteiger partial charge in [0.2, 0.25) is 0 Å². The number of rotatable bonds is 1. The Morgan fingerprint density at radius 3 is 2.63 bits per heavy atom. The Morgan fingerprint density at radius 2 is 1.95 bits per heavy atom. The number of nitrogens with zero attached hydrogens (tertiary/aromatic N) is 1. The molecule has 0 saturated carbocycles. The highest BCUT2D eigenvalue weighted by molar-refractivity contribution is 9.10. The summed E-state index contributed by atoms with van der Waals surface area (Å²) in [6.07, 6.45) is 4.36. The van der Waals surface area contributed by atoms with E-state index in [1.165, 1.54) is 12.1 Å². The van der Waals surface area contributed by atoms with Crippen LogP contribution in [0.4, 0.5) is 8.78 Å². The summed E-state index contributed by atoms with van der Waals surface area (Å²) in [5.41, 5.74) is 7.91. The van der Waals surface area contributed by atoms with Crippen molar-refractivity contribution in [3.8, 4) is 5.69 Å². The van der Waals surface area contributed by atoms with Crippen molar-refractivity contribution in [3.05, 3.63) is 51.8 Å². The quantitative estimate of drug-likeness (QED) is 0.847. The number of hydrogen-bond acceptors (Lipinski definition) is 1. The van der Waals surface area contributed by atoms with Crippen molar-refractivity contribution in [2.75, 3.05) is 0 Å². The maximum absolute atomic E-state index is 14.0. The number of fused-ring (bicyclic) bond motifs is 1. The molecular formula is C14H13BrF2N2. The fraction of sp³-hybridized carbons (Fsp3) is 0.286. The molecule has 2 nitrogen and oxygen atoms in total. The number of halogens is 3. The zero-order valence-corrected chi connectivity index (χ0v) is 11.8. The molecule has 1 aromatic carbocycles. The molecule has 1 atom stereocenters. The standard InChI is InChI=1S/C14H13BrF2N2/c15-8-6-10(16)14(11(17)7-8)19-5-4-9-12(18)2-1-3-13(9)19/h4-7,12H,1-3,18H2. The molecule has 100 valence electrons. The molecule has 2 N–H and O–H groups in total. The summed E-state index contributed by atoms with van der Waals surface area (Å²) in [4.78, 5) is 0. The van der Waals surface area contributed by atoms with E-state index in [1.807, 2.05) is 6.07 Å². The summed E-state index contributed by atoms with van der Waals surface area (Å²) in [6, 6.07) is 4.37. The highest BCUT2D eigenvalue weighted by atomic mass is 79.9. The van der Waals surface area contributed by atoms with Gasteiger partial charge in [0.1, 0.15) is 5.69 Å². The lowest BCUT2D eigenvalue weighted by molar-refractivity contribution is 0.541. The van der Waals surface area contributed by atoms with E-state index in [9.17, 15) is 8.78 Å². The predicted molar refractivity (Wildman–Crippen MR) is 73.3 cm³/mol. The minimum atomic E-state index is -0.579. The zero-order valence-electron chi connectivity index (χ0n) is 10.2. The number of hydrogen-bond donors (Lipinski definition) is 1. The highest BCUT2D eigenvalue weighted by Crippen LogP contribution is 2.32. The molecule has 0 radical (unpaired) electrons. The van der Waals surface area contributed by atoms with Crippen LogP contribution in [0, 0.1) is 11.6 Å². The van der Waals surface area contributed by atoms with Gasteiger partial charge in [-0.15, -0.1) is 0 Å². The lowest BCUT2D eigenvalue weighted by Crippen LogP contribution is -2.18. The topological polar surface area (TPSA) is 30.9 Å². The Morgan fingerprint density at radius 1 is 1.26 bits per heavy atom. The Labute approximate surface area is 118 Å². The van der Waals surface area contributed by atoms with Gasteiger partial charge in [-0.05, 0) is 43.0 Å². The molecule has 0 aliphatic heterocycles. The summed E-state index contributed by atoms with van der Waals surface area (Å²) < 4.78 is 30.0. The summed E-state index contributed by atoms with van der Waals surface area (Å²) in [6.45, 7) is 0. The van der Waals surface area contributed by atoms with E-state index in [1.54, 1.807) is 10.8 Å². The molecule has 1 aliphatic carbocycles. The van der Waals surface area contributed by atoms with Gasteiger partial charge in [0.25, 0.3) is 0 Å². The fourth-order valence-electron chi connectivity index (χ4n) is 2.70. The van der Waals surface area contributed by atoms with Crippen LogP contribution in [-0.2, 0) is 6.42 Å². The molecule has 0 saturated heterocycles. The number of benzene rings is 1. The largest absolute Gasteiger partial charge is 0.324 e. The van der Waals surface area contributed by atoms with Crippen molar-refractivity contribution in [2.45, 2.75) is 25.3 Å². The van der Waals surface area contributed by atoms with Crippen LogP contribution >= 0.6 is 15.9 Å². The molecule has 1 aromatic heterocycles. The minimum absolute atomic E-state index is 0.0291. The van der Waals surface area contributed by atoms with Gasteiger partial charge in [-0.25, -0.2) is 8.78 Å². The summed E-state index contributed by atoms with van der Waals surface area (Å²) in [5, 5.41) is 0. The summed E-state index contributed by atoms with van der Waals surface area (Å²) in [5.74, 6) is -1.16. The van der Waals surface area contributed by atoms with E-state index in [2.05, 4.69) is 15.9 Å². The molecule has 0 bridgehead atoms.